The molecule has 1 fully saturated rings. The molecule has 0 N–H and O–H groups in total. The molecule has 0 bridgehead atoms. The molecule has 2 aromatic rings. The molecule has 7 nitrogen and oxygen atoms in total. The van der Waals surface area contributed by atoms with E-state index in [9.17, 15) is 8.42 Å². The van der Waals surface area contributed by atoms with Gasteiger partial charge in [0.1, 0.15) is 5.75 Å². The quantitative estimate of drug-likeness (QED) is 0.744. The van der Waals surface area contributed by atoms with Gasteiger partial charge in [-0.3, -0.25) is 0 Å². The molecule has 0 spiro atoms. The summed E-state index contributed by atoms with van der Waals surface area (Å²) >= 11 is 0. The van der Waals surface area contributed by atoms with Crippen LogP contribution in [0.15, 0.2) is 33.7 Å². The van der Waals surface area contributed by atoms with Gasteiger partial charge in [-0.15, -0.1) is 0 Å². The van der Waals surface area contributed by atoms with Gasteiger partial charge in [0.25, 0.3) is 0 Å². The molecule has 0 radical (unpaired) electrons. The summed E-state index contributed by atoms with van der Waals surface area (Å²) in [4.78, 5) is 6.86. The third-order valence-corrected chi connectivity index (χ3v) is 6.09. The first kappa shape index (κ1) is 19.7. The zero-order valence-corrected chi connectivity index (χ0v) is 17.1. The molecule has 1 aliphatic heterocycles. The number of rotatable bonds is 6. The van der Waals surface area contributed by atoms with Crippen molar-refractivity contribution in [1.29, 1.82) is 0 Å². The molecule has 1 aromatic heterocycles. The third kappa shape index (κ3) is 4.80. The molecular weight excluding hydrogens is 366 g/mol. The average molecular weight is 394 g/mol. The van der Waals surface area contributed by atoms with Crippen molar-refractivity contribution in [2.75, 3.05) is 24.2 Å². The largest absolute Gasteiger partial charge is 0.490 e. The Labute approximate surface area is 160 Å². The van der Waals surface area contributed by atoms with Crippen molar-refractivity contribution in [2.24, 2.45) is 5.92 Å². The topological polar surface area (TPSA) is 85.5 Å². The van der Waals surface area contributed by atoms with Crippen LogP contribution in [0, 0.1) is 5.92 Å². The lowest BCUT2D eigenvalue weighted by Crippen LogP contribution is -2.38. The van der Waals surface area contributed by atoms with Crippen molar-refractivity contribution in [1.82, 2.24) is 10.1 Å². The predicted octanol–water partition coefficient (Wildman–Crippen LogP) is 3.28. The zero-order chi connectivity index (χ0) is 19.6. The lowest BCUT2D eigenvalue weighted by molar-refractivity contribution is 0.131. The van der Waals surface area contributed by atoms with E-state index in [1.54, 1.807) is 24.3 Å². The van der Waals surface area contributed by atoms with E-state index < -0.39 is 9.84 Å². The van der Waals surface area contributed by atoms with Crippen LogP contribution in [0.5, 0.6) is 5.75 Å². The molecule has 8 heteroatoms. The second-order valence-electron chi connectivity index (χ2n) is 7.48. The summed E-state index contributed by atoms with van der Waals surface area (Å²) in [6.07, 6.45) is 3.10. The van der Waals surface area contributed by atoms with E-state index in [0.717, 1.165) is 31.8 Å². The number of benzene rings is 1. The first-order valence-electron chi connectivity index (χ1n) is 9.29. The average Bonchev–Trinajstić information content (AvgIpc) is 3.12. The number of piperidine rings is 1. The van der Waals surface area contributed by atoms with Gasteiger partial charge >= 0.3 is 6.01 Å². The summed E-state index contributed by atoms with van der Waals surface area (Å²) in [7, 11) is -3.24. The Kier molecular flexibility index (Phi) is 5.74. The summed E-state index contributed by atoms with van der Waals surface area (Å²) < 4.78 is 34.8. The molecule has 1 aliphatic rings. The zero-order valence-electron chi connectivity index (χ0n) is 16.3. The van der Waals surface area contributed by atoms with Crippen molar-refractivity contribution in [2.45, 2.75) is 50.5 Å². The fraction of sp³-hybridized carbons (Fsp3) is 0.579. The number of ether oxygens (including phenoxy) is 1. The summed E-state index contributed by atoms with van der Waals surface area (Å²) in [5.41, 5.74) is 0. The van der Waals surface area contributed by atoms with Gasteiger partial charge in [0.05, 0.1) is 11.0 Å². The van der Waals surface area contributed by atoms with Crippen LogP contribution in [0.4, 0.5) is 6.01 Å². The number of hydrogen-bond donors (Lipinski definition) is 0. The van der Waals surface area contributed by atoms with Crippen LogP contribution in [-0.2, 0) is 9.84 Å². The minimum absolute atomic E-state index is 0.00382. The van der Waals surface area contributed by atoms with E-state index in [4.69, 9.17) is 9.26 Å². The Morgan fingerprint density at radius 1 is 1.22 bits per heavy atom. The van der Waals surface area contributed by atoms with Gasteiger partial charge in [-0.1, -0.05) is 25.1 Å². The molecule has 0 unspecified atom stereocenters. The minimum Gasteiger partial charge on any atom is -0.490 e. The fourth-order valence-electron chi connectivity index (χ4n) is 3.24. The van der Waals surface area contributed by atoms with E-state index in [2.05, 4.69) is 15.0 Å². The molecule has 1 saturated heterocycles. The summed E-state index contributed by atoms with van der Waals surface area (Å²) in [5, 5.41) is 4.03. The maximum Gasteiger partial charge on any atom is 0.324 e. The van der Waals surface area contributed by atoms with Crippen molar-refractivity contribution in [3.05, 3.63) is 30.1 Å². The van der Waals surface area contributed by atoms with Crippen LogP contribution >= 0.6 is 0 Å². The molecule has 0 aliphatic carbocycles. The lowest BCUT2D eigenvalue weighted by Gasteiger charge is -2.33. The SMILES string of the molecule is CC(C)c1noc(N2CCC([C@H](C)Oc3cccc(S(C)(=O)=O)c3)CC2)n1. The van der Waals surface area contributed by atoms with E-state index in [1.807, 2.05) is 20.8 Å². The maximum absolute atomic E-state index is 11.7. The Hall–Kier alpha value is -2.09. The highest BCUT2D eigenvalue weighted by Crippen LogP contribution is 2.28. The molecule has 148 valence electrons. The van der Waals surface area contributed by atoms with Crippen molar-refractivity contribution >= 4 is 15.9 Å². The summed E-state index contributed by atoms with van der Waals surface area (Å²) in [6, 6.07) is 7.27. The molecule has 3 rings (SSSR count). The third-order valence-electron chi connectivity index (χ3n) is 4.98. The van der Waals surface area contributed by atoms with Crippen LogP contribution in [0.3, 0.4) is 0 Å². The Bertz CT molecular complexity index is 871. The van der Waals surface area contributed by atoms with Crippen LogP contribution < -0.4 is 9.64 Å². The highest BCUT2D eigenvalue weighted by atomic mass is 32.2. The van der Waals surface area contributed by atoms with Gasteiger partial charge in [0, 0.05) is 25.3 Å². The number of aromatic nitrogens is 2. The van der Waals surface area contributed by atoms with Gasteiger partial charge in [-0.25, -0.2) is 8.42 Å². The second kappa shape index (κ2) is 7.88. The highest BCUT2D eigenvalue weighted by Gasteiger charge is 2.28. The van der Waals surface area contributed by atoms with Gasteiger partial charge in [0.15, 0.2) is 15.7 Å². The van der Waals surface area contributed by atoms with Crippen LogP contribution in [-0.4, -0.2) is 44.0 Å². The molecular formula is C19H27N3O4S. The van der Waals surface area contributed by atoms with Gasteiger partial charge in [-0.2, -0.15) is 4.98 Å². The van der Waals surface area contributed by atoms with E-state index in [-0.39, 0.29) is 16.9 Å². The Morgan fingerprint density at radius 3 is 2.52 bits per heavy atom. The van der Waals surface area contributed by atoms with Gasteiger partial charge in [0.2, 0.25) is 0 Å². The smallest absolute Gasteiger partial charge is 0.324 e. The number of sulfone groups is 1. The molecule has 0 saturated carbocycles. The monoisotopic (exact) mass is 393 g/mol. The first-order chi connectivity index (χ1) is 12.7. The number of anilines is 1. The van der Waals surface area contributed by atoms with Crippen molar-refractivity contribution in [3.63, 3.8) is 0 Å². The van der Waals surface area contributed by atoms with Crippen molar-refractivity contribution in [3.8, 4) is 5.75 Å². The standard InChI is InChI=1S/C19H27N3O4S/c1-13(2)18-20-19(26-21-18)22-10-8-15(9-11-22)14(3)25-16-6-5-7-17(12-16)27(4,23)24/h5-7,12-15H,8-11H2,1-4H3/t14-/m0/s1. The molecule has 1 atom stereocenters. The predicted molar refractivity (Wildman–Crippen MR) is 103 cm³/mol. The Balaban J connectivity index is 1.57. The van der Waals surface area contributed by atoms with Crippen LogP contribution in [0.2, 0.25) is 0 Å². The van der Waals surface area contributed by atoms with E-state index >= 15 is 0 Å². The fourth-order valence-corrected chi connectivity index (χ4v) is 3.89. The Morgan fingerprint density at radius 2 is 1.93 bits per heavy atom. The van der Waals surface area contributed by atoms with Crippen LogP contribution in [0.1, 0.15) is 45.4 Å². The number of hydrogen-bond acceptors (Lipinski definition) is 7. The van der Waals surface area contributed by atoms with E-state index in [1.165, 1.54) is 6.26 Å². The van der Waals surface area contributed by atoms with Crippen LogP contribution in [0.25, 0.3) is 0 Å². The maximum atomic E-state index is 11.7. The number of nitrogens with zero attached hydrogens (tertiary/aromatic N) is 3. The van der Waals surface area contributed by atoms with Gasteiger partial charge in [-0.05, 0) is 43.9 Å². The molecule has 27 heavy (non-hydrogen) atoms. The van der Waals surface area contributed by atoms with Gasteiger partial charge < -0.3 is 14.2 Å². The summed E-state index contributed by atoms with van der Waals surface area (Å²) in [5.74, 6) is 1.95. The molecule has 1 aromatic carbocycles. The molecule has 0 amide bonds. The first-order valence-corrected chi connectivity index (χ1v) is 11.2. The lowest BCUT2D eigenvalue weighted by atomic mass is 9.92. The summed E-state index contributed by atoms with van der Waals surface area (Å²) in [6.45, 7) is 7.79. The van der Waals surface area contributed by atoms with Crippen molar-refractivity contribution < 1.29 is 17.7 Å². The minimum atomic E-state index is -3.24. The highest BCUT2D eigenvalue weighted by molar-refractivity contribution is 7.90. The van der Waals surface area contributed by atoms with E-state index in [0.29, 0.717) is 17.7 Å². The second-order valence-corrected chi connectivity index (χ2v) is 9.50. The normalized spacial score (nSPS) is 17.3. The molecule has 2 heterocycles.